The van der Waals surface area contributed by atoms with Gasteiger partial charge in [-0.3, -0.25) is 9.78 Å². The van der Waals surface area contributed by atoms with Crippen molar-refractivity contribution in [2.24, 2.45) is 5.41 Å². The number of benzene rings is 1. The highest BCUT2D eigenvalue weighted by Gasteiger charge is 2.36. The first-order chi connectivity index (χ1) is 13.5. The number of hydrogen-bond acceptors (Lipinski definition) is 5. The summed E-state index contributed by atoms with van der Waals surface area (Å²) >= 11 is 0. The Labute approximate surface area is 163 Å². The van der Waals surface area contributed by atoms with E-state index in [2.05, 4.69) is 34.2 Å². The van der Waals surface area contributed by atoms with Crippen LogP contribution in [0, 0.1) is 5.41 Å². The Morgan fingerprint density at radius 1 is 1.21 bits per heavy atom. The van der Waals surface area contributed by atoms with E-state index in [1.807, 2.05) is 35.1 Å². The van der Waals surface area contributed by atoms with Crippen molar-refractivity contribution < 1.29 is 9.53 Å². The molecule has 1 aromatic carbocycles. The fourth-order valence-electron chi connectivity index (χ4n) is 3.77. The maximum atomic E-state index is 12.6. The predicted octanol–water partition coefficient (Wildman–Crippen LogP) is 3.11. The van der Waals surface area contributed by atoms with Crippen LogP contribution in [0.4, 0.5) is 0 Å². The van der Waals surface area contributed by atoms with Crippen LogP contribution < -0.4 is 10.1 Å². The summed E-state index contributed by atoms with van der Waals surface area (Å²) in [6.07, 6.45) is 8.12. The topological polar surface area (TPSA) is 81.9 Å². The van der Waals surface area contributed by atoms with E-state index in [0.29, 0.717) is 5.69 Å². The summed E-state index contributed by atoms with van der Waals surface area (Å²) in [6.45, 7) is 4.42. The zero-order valence-electron chi connectivity index (χ0n) is 16.2. The molecular formula is C21H23N5O2. The zero-order valence-corrected chi connectivity index (χ0v) is 16.2. The van der Waals surface area contributed by atoms with Crippen LogP contribution in [0.15, 0.2) is 49.1 Å². The summed E-state index contributed by atoms with van der Waals surface area (Å²) in [7, 11) is 1.65. The number of fused-ring (bicyclic) bond motifs is 1. The molecule has 4 rings (SSSR count). The molecule has 1 aliphatic carbocycles. The summed E-state index contributed by atoms with van der Waals surface area (Å²) in [5, 5.41) is 7.73. The Bertz CT molecular complexity index is 980. The Balaban J connectivity index is 1.67. The SMILES string of the molecule is COc1ccc(-n2ncc3c2CC(C)(C)C[C@@H]3NC(=O)c2cnccn2)cc1. The lowest BCUT2D eigenvalue weighted by Gasteiger charge is -2.35. The third-order valence-corrected chi connectivity index (χ3v) is 5.10. The monoisotopic (exact) mass is 377 g/mol. The van der Waals surface area contributed by atoms with Crippen molar-refractivity contribution in [3.05, 3.63) is 66.0 Å². The fourth-order valence-corrected chi connectivity index (χ4v) is 3.77. The van der Waals surface area contributed by atoms with E-state index in [0.717, 1.165) is 35.5 Å². The number of nitrogens with zero attached hydrogens (tertiary/aromatic N) is 4. The molecule has 0 saturated carbocycles. The first kappa shape index (κ1) is 18.2. The molecule has 1 N–H and O–H groups in total. The van der Waals surface area contributed by atoms with Crippen LogP contribution in [0.2, 0.25) is 0 Å². The molecule has 0 fully saturated rings. The van der Waals surface area contributed by atoms with Gasteiger partial charge in [0.05, 0.1) is 36.9 Å². The molecule has 1 atom stereocenters. The van der Waals surface area contributed by atoms with Gasteiger partial charge in [0.25, 0.3) is 5.91 Å². The molecule has 28 heavy (non-hydrogen) atoms. The van der Waals surface area contributed by atoms with E-state index in [9.17, 15) is 4.79 Å². The van der Waals surface area contributed by atoms with Gasteiger partial charge in [-0.25, -0.2) is 9.67 Å². The van der Waals surface area contributed by atoms with Gasteiger partial charge in [-0.1, -0.05) is 13.8 Å². The number of aromatic nitrogens is 4. The average Bonchev–Trinajstić information content (AvgIpc) is 3.11. The number of rotatable bonds is 4. The summed E-state index contributed by atoms with van der Waals surface area (Å²) in [5.74, 6) is 0.582. The molecule has 3 aromatic rings. The van der Waals surface area contributed by atoms with Gasteiger partial charge < -0.3 is 10.1 Å². The molecule has 0 radical (unpaired) electrons. The average molecular weight is 377 g/mol. The van der Waals surface area contributed by atoms with E-state index >= 15 is 0 Å². The van der Waals surface area contributed by atoms with Crippen LogP contribution >= 0.6 is 0 Å². The first-order valence-corrected chi connectivity index (χ1v) is 9.25. The third-order valence-electron chi connectivity index (χ3n) is 5.10. The predicted molar refractivity (Wildman–Crippen MR) is 104 cm³/mol. The van der Waals surface area contributed by atoms with Crippen molar-refractivity contribution in [1.82, 2.24) is 25.1 Å². The Kier molecular flexibility index (Phi) is 4.58. The molecule has 1 amide bonds. The Hall–Kier alpha value is -3.22. The lowest BCUT2D eigenvalue weighted by molar-refractivity contribution is 0.0913. The van der Waals surface area contributed by atoms with Gasteiger partial charge in [-0.05, 0) is 42.5 Å². The van der Waals surface area contributed by atoms with E-state index in [1.165, 1.54) is 12.4 Å². The van der Waals surface area contributed by atoms with E-state index in [-0.39, 0.29) is 17.4 Å². The third kappa shape index (κ3) is 3.47. The van der Waals surface area contributed by atoms with Crippen LogP contribution in [-0.2, 0) is 6.42 Å². The first-order valence-electron chi connectivity index (χ1n) is 9.25. The normalized spacial score (nSPS) is 17.6. The molecule has 0 bridgehead atoms. The van der Waals surface area contributed by atoms with Gasteiger partial charge >= 0.3 is 0 Å². The van der Waals surface area contributed by atoms with E-state index in [1.54, 1.807) is 13.3 Å². The molecule has 7 nitrogen and oxygen atoms in total. The zero-order chi connectivity index (χ0) is 19.7. The molecule has 0 aliphatic heterocycles. The molecule has 7 heteroatoms. The second kappa shape index (κ2) is 7.07. The molecule has 2 aromatic heterocycles. The number of carbonyl (C=O) groups excluding carboxylic acids is 1. The van der Waals surface area contributed by atoms with Gasteiger partial charge in [0.1, 0.15) is 11.4 Å². The molecule has 144 valence electrons. The van der Waals surface area contributed by atoms with Crippen LogP contribution in [0.5, 0.6) is 5.75 Å². The Morgan fingerprint density at radius 3 is 2.68 bits per heavy atom. The molecule has 0 spiro atoms. The van der Waals surface area contributed by atoms with Gasteiger partial charge in [0.2, 0.25) is 0 Å². The molecule has 2 heterocycles. The maximum Gasteiger partial charge on any atom is 0.271 e. The summed E-state index contributed by atoms with van der Waals surface area (Å²) < 4.78 is 7.20. The van der Waals surface area contributed by atoms with Crippen LogP contribution in [0.1, 0.15) is 48.1 Å². The molecule has 1 aliphatic rings. The molecular weight excluding hydrogens is 354 g/mol. The Morgan fingerprint density at radius 2 is 2.00 bits per heavy atom. The number of hydrogen-bond donors (Lipinski definition) is 1. The van der Waals surface area contributed by atoms with Gasteiger partial charge in [0.15, 0.2) is 0 Å². The van der Waals surface area contributed by atoms with Crippen molar-refractivity contribution in [3.63, 3.8) is 0 Å². The van der Waals surface area contributed by atoms with Gasteiger partial charge in [-0.15, -0.1) is 0 Å². The standard InChI is InChI=1S/C21H23N5O2/c1-21(2)10-17(25-20(27)18-13-22-8-9-23-18)16-12-24-26(19(16)11-21)14-4-6-15(28-3)7-5-14/h4-9,12-13,17H,10-11H2,1-3H3,(H,25,27)/t17-/m0/s1. The summed E-state index contributed by atoms with van der Waals surface area (Å²) in [4.78, 5) is 20.7. The lowest BCUT2D eigenvalue weighted by atomic mass is 9.74. The smallest absolute Gasteiger partial charge is 0.271 e. The summed E-state index contributed by atoms with van der Waals surface area (Å²) in [5.41, 5.74) is 3.48. The number of nitrogens with one attached hydrogen (secondary N) is 1. The highest BCUT2D eigenvalue weighted by Crippen LogP contribution is 2.41. The fraction of sp³-hybridized carbons (Fsp3) is 0.333. The van der Waals surface area contributed by atoms with Crippen molar-refractivity contribution in [3.8, 4) is 11.4 Å². The van der Waals surface area contributed by atoms with Crippen LogP contribution in [-0.4, -0.2) is 32.8 Å². The molecule has 0 saturated heterocycles. The lowest BCUT2D eigenvalue weighted by Crippen LogP contribution is -2.37. The highest BCUT2D eigenvalue weighted by molar-refractivity contribution is 5.92. The minimum Gasteiger partial charge on any atom is -0.497 e. The largest absolute Gasteiger partial charge is 0.497 e. The number of amides is 1. The molecule has 0 unspecified atom stereocenters. The summed E-state index contributed by atoms with van der Waals surface area (Å²) in [6, 6.07) is 7.69. The van der Waals surface area contributed by atoms with Crippen molar-refractivity contribution in [2.75, 3.05) is 7.11 Å². The van der Waals surface area contributed by atoms with Crippen molar-refractivity contribution >= 4 is 5.91 Å². The quantitative estimate of drug-likeness (QED) is 0.755. The van der Waals surface area contributed by atoms with Crippen LogP contribution in [0.25, 0.3) is 5.69 Å². The second-order valence-electron chi connectivity index (χ2n) is 7.82. The van der Waals surface area contributed by atoms with E-state index in [4.69, 9.17) is 4.74 Å². The highest BCUT2D eigenvalue weighted by atomic mass is 16.5. The van der Waals surface area contributed by atoms with Crippen molar-refractivity contribution in [1.29, 1.82) is 0 Å². The number of ether oxygens (including phenoxy) is 1. The maximum absolute atomic E-state index is 12.6. The minimum atomic E-state index is -0.223. The van der Waals surface area contributed by atoms with Gasteiger partial charge in [0, 0.05) is 18.0 Å². The van der Waals surface area contributed by atoms with E-state index < -0.39 is 0 Å². The second-order valence-corrected chi connectivity index (χ2v) is 7.82. The number of methoxy groups -OCH3 is 1. The van der Waals surface area contributed by atoms with Crippen molar-refractivity contribution in [2.45, 2.75) is 32.7 Å². The van der Waals surface area contributed by atoms with Crippen LogP contribution in [0.3, 0.4) is 0 Å². The number of carbonyl (C=O) groups is 1. The minimum absolute atomic E-state index is 0.0254. The van der Waals surface area contributed by atoms with Gasteiger partial charge in [-0.2, -0.15) is 5.10 Å².